The molecule has 1 aliphatic carbocycles. The third-order valence-corrected chi connectivity index (χ3v) is 3.33. The van der Waals surface area contributed by atoms with Crippen molar-refractivity contribution in [1.29, 1.82) is 0 Å². The van der Waals surface area contributed by atoms with Gasteiger partial charge in [-0.05, 0) is 24.8 Å². The maximum Gasteiger partial charge on any atom is 0.285 e. The molecular formula is C12H14FN3O3. The van der Waals surface area contributed by atoms with Crippen molar-refractivity contribution in [2.24, 2.45) is 5.92 Å². The van der Waals surface area contributed by atoms with E-state index in [4.69, 9.17) is 5.73 Å². The van der Waals surface area contributed by atoms with Gasteiger partial charge in [0.05, 0.1) is 16.7 Å². The van der Waals surface area contributed by atoms with Crippen LogP contribution in [0.3, 0.4) is 0 Å². The molecule has 0 bridgehead atoms. The average Bonchev–Trinajstić information content (AvgIpc) is 2.29. The van der Waals surface area contributed by atoms with Crippen molar-refractivity contribution in [1.82, 2.24) is 5.32 Å². The van der Waals surface area contributed by atoms with Gasteiger partial charge in [-0.25, -0.2) is 4.39 Å². The van der Waals surface area contributed by atoms with E-state index in [1.54, 1.807) is 0 Å². The number of anilines is 1. The topological polar surface area (TPSA) is 98.3 Å². The first-order valence-electron chi connectivity index (χ1n) is 6.00. The number of nitrogens with two attached hydrogens (primary N) is 1. The Morgan fingerprint density at radius 2 is 2.21 bits per heavy atom. The number of carbonyl (C=O) groups excluding carboxylic acids is 1. The van der Waals surface area contributed by atoms with Crippen molar-refractivity contribution < 1.29 is 14.1 Å². The van der Waals surface area contributed by atoms with Crippen LogP contribution in [0.5, 0.6) is 0 Å². The van der Waals surface area contributed by atoms with E-state index in [0.29, 0.717) is 18.5 Å². The molecule has 1 saturated carbocycles. The number of hydrogen-bond donors (Lipinski definition) is 2. The van der Waals surface area contributed by atoms with Gasteiger partial charge in [0, 0.05) is 6.54 Å². The second-order valence-corrected chi connectivity index (χ2v) is 4.65. The summed E-state index contributed by atoms with van der Waals surface area (Å²) in [7, 11) is 0. The molecular weight excluding hydrogens is 253 g/mol. The lowest BCUT2D eigenvalue weighted by Crippen LogP contribution is -2.32. The van der Waals surface area contributed by atoms with Crippen LogP contribution in [0.4, 0.5) is 15.8 Å². The first kappa shape index (κ1) is 13.3. The van der Waals surface area contributed by atoms with Crippen LogP contribution in [-0.4, -0.2) is 17.4 Å². The molecule has 7 heteroatoms. The average molecular weight is 267 g/mol. The zero-order valence-corrected chi connectivity index (χ0v) is 10.2. The van der Waals surface area contributed by atoms with E-state index in [-0.39, 0.29) is 11.3 Å². The SMILES string of the molecule is Nc1cc(C(=O)NCC2CCC2)c([N+](=O)[O-])cc1F. The third-order valence-electron chi connectivity index (χ3n) is 3.33. The fraction of sp³-hybridized carbons (Fsp3) is 0.417. The number of nitro benzene ring substituents is 1. The zero-order valence-electron chi connectivity index (χ0n) is 10.2. The molecule has 0 atom stereocenters. The molecule has 1 aromatic rings. The van der Waals surface area contributed by atoms with Gasteiger partial charge in [-0.1, -0.05) is 6.42 Å². The Hall–Kier alpha value is -2.18. The van der Waals surface area contributed by atoms with Crippen LogP contribution in [0.25, 0.3) is 0 Å². The van der Waals surface area contributed by atoms with Crippen LogP contribution < -0.4 is 11.1 Å². The summed E-state index contributed by atoms with van der Waals surface area (Å²) >= 11 is 0. The lowest BCUT2D eigenvalue weighted by Gasteiger charge is -2.25. The smallest absolute Gasteiger partial charge is 0.285 e. The molecule has 0 spiro atoms. The quantitative estimate of drug-likeness (QED) is 0.494. The van der Waals surface area contributed by atoms with Gasteiger partial charge < -0.3 is 11.1 Å². The Kier molecular flexibility index (Phi) is 3.64. The number of nitrogen functional groups attached to an aromatic ring is 1. The summed E-state index contributed by atoms with van der Waals surface area (Å²) in [5, 5.41) is 13.4. The molecule has 1 aliphatic rings. The van der Waals surface area contributed by atoms with Gasteiger partial charge in [-0.15, -0.1) is 0 Å². The largest absolute Gasteiger partial charge is 0.396 e. The summed E-state index contributed by atoms with van der Waals surface area (Å²) < 4.78 is 13.2. The van der Waals surface area contributed by atoms with Crippen molar-refractivity contribution in [2.45, 2.75) is 19.3 Å². The molecule has 3 N–H and O–H groups in total. The van der Waals surface area contributed by atoms with Crippen molar-refractivity contribution in [3.8, 4) is 0 Å². The Labute approximate surface area is 108 Å². The van der Waals surface area contributed by atoms with Gasteiger partial charge in [-0.2, -0.15) is 0 Å². The van der Waals surface area contributed by atoms with Crippen LogP contribution in [-0.2, 0) is 0 Å². The van der Waals surface area contributed by atoms with Gasteiger partial charge in [0.1, 0.15) is 5.56 Å². The van der Waals surface area contributed by atoms with E-state index in [1.807, 2.05) is 0 Å². The number of halogens is 1. The number of nitrogens with one attached hydrogen (secondary N) is 1. The predicted octanol–water partition coefficient (Wildman–Crippen LogP) is 1.85. The lowest BCUT2D eigenvalue weighted by molar-refractivity contribution is -0.385. The summed E-state index contributed by atoms with van der Waals surface area (Å²) in [5.41, 5.74) is 4.29. The number of benzene rings is 1. The Bertz CT molecular complexity index is 529. The van der Waals surface area contributed by atoms with Crippen LogP contribution in [0.1, 0.15) is 29.6 Å². The number of hydrogen-bond acceptors (Lipinski definition) is 4. The molecule has 102 valence electrons. The molecule has 1 fully saturated rings. The fourth-order valence-electron chi connectivity index (χ4n) is 1.94. The molecule has 2 rings (SSSR count). The van der Waals surface area contributed by atoms with Crippen LogP contribution in [0, 0.1) is 21.8 Å². The van der Waals surface area contributed by atoms with Gasteiger partial charge >= 0.3 is 0 Å². The number of nitrogens with zero attached hydrogens (tertiary/aromatic N) is 1. The molecule has 19 heavy (non-hydrogen) atoms. The summed E-state index contributed by atoms with van der Waals surface area (Å²) in [5.74, 6) is -1.06. The molecule has 0 saturated heterocycles. The van der Waals surface area contributed by atoms with Crippen molar-refractivity contribution in [2.75, 3.05) is 12.3 Å². The highest BCUT2D eigenvalue weighted by molar-refractivity contribution is 5.99. The van der Waals surface area contributed by atoms with Gasteiger partial charge in [0.2, 0.25) is 0 Å². The minimum absolute atomic E-state index is 0.205. The van der Waals surface area contributed by atoms with E-state index in [2.05, 4.69) is 5.32 Å². The Balaban J connectivity index is 2.18. The van der Waals surface area contributed by atoms with E-state index in [1.165, 1.54) is 0 Å². The molecule has 0 heterocycles. The predicted molar refractivity (Wildman–Crippen MR) is 67.1 cm³/mol. The first-order valence-corrected chi connectivity index (χ1v) is 6.00. The molecule has 6 nitrogen and oxygen atoms in total. The summed E-state index contributed by atoms with van der Waals surface area (Å²) in [6.07, 6.45) is 3.24. The highest BCUT2D eigenvalue weighted by Crippen LogP contribution is 2.27. The first-order chi connectivity index (χ1) is 8.99. The summed E-state index contributed by atoms with van der Waals surface area (Å²) in [4.78, 5) is 21.9. The maximum absolute atomic E-state index is 13.2. The number of rotatable bonds is 4. The van der Waals surface area contributed by atoms with Crippen LogP contribution in [0.2, 0.25) is 0 Å². The number of carbonyl (C=O) groups is 1. The molecule has 0 aromatic heterocycles. The normalized spacial score (nSPS) is 14.8. The minimum Gasteiger partial charge on any atom is -0.396 e. The van der Waals surface area contributed by atoms with E-state index in [0.717, 1.165) is 25.3 Å². The van der Waals surface area contributed by atoms with E-state index < -0.39 is 22.3 Å². The highest BCUT2D eigenvalue weighted by atomic mass is 19.1. The molecule has 0 unspecified atom stereocenters. The zero-order chi connectivity index (χ0) is 14.0. The van der Waals surface area contributed by atoms with Crippen LogP contribution in [0.15, 0.2) is 12.1 Å². The van der Waals surface area contributed by atoms with Crippen molar-refractivity contribution in [3.63, 3.8) is 0 Å². The standard InChI is InChI=1S/C12H14FN3O3/c13-9-5-11(16(18)19)8(4-10(9)14)12(17)15-6-7-2-1-3-7/h4-5,7H,1-3,6,14H2,(H,15,17). The van der Waals surface area contributed by atoms with Gasteiger partial charge in [0.25, 0.3) is 11.6 Å². The molecule has 0 radical (unpaired) electrons. The molecule has 1 aromatic carbocycles. The highest BCUT2D eigenvalue weighted by Gasteiger charge is 2.24. The van der Waals surface area contributed by atoms with Crippen molar-refractivity contribution >= 4 is 17.3 Å². The Morgan fingerprint density at radius 3 is 2.74 bits per heavy atom. The van der Waals surface area contributed by atoms with Crippen LogP contribution >= 0.6 is 0 Å². The fourth-order valence-corrected chi connectivity index (χ4v) is 1.94. The monoisotopic (exact) mass is 267 g/mol. The molecule has 1 amide bonds. The second-order valence-electron chi connectivity index (χ2n) is 4.65. The van der Waals surface area contributed by atoms with E-state index in [9.17, 15) is 19.3 Å². The van der Waals surface area contributed by atoms with Crippen molar-refractivity contribution in [3.05, 3.63) is 33.6 Å². The second kappa shape index (κ2) is 5.21. The molecule has 0 aliphatic heterocycles. The lowest BCUT2D eigenvalue weighted by atomic mass is 9.85. The maximum atomic E-state index is 13.2. The minimum atomic E-state index is -0.901. The Morgan fingerprint density at radius 1 is 1.53 bits per heavy atom. The number of nitro groups is 1. The van der Waals surface area contributed by atoms with Gasteiger partial charge in [-0.3, -0.25) is 14.9 Å². The van der Waals surface area contributed by atoms with Gasteiger partial charge in [0.15, 0.2) is 5.82 Å². The summed E-state index contributed by atoms with van der Waals surface area (Å²) in [6, 6.07) is 1.68. The third kappa shape index (κ3) is 2.81. The summed E-state index contributed by atoms with van der Waals surface area (Å²) in [6.45, 7) is 0.479. The number of amides is 1. The van der Waals surface area contributed by atoms with E-state index >= 15 is 0 Å².